The highest BCUT2D eigenvalue weighted by Crippen LogP contribution is 2.22. The fourth-order valence-electron chi connectivity index (χ4n) is 1.96. The van der Waals surface area contributed by atoms with Crippen molar-refractivity contribution in [1.29, 1.82) is 0 Å². The van der Waals surface area contributed by atoms with E-state index in [1.165, 1.54) is 0 Å². The van der Waals surface area contributed by atoms with Crippen LogP contribution in [0.25, 0.3) is 0 Å². The molecule has 1 aliphatic rings. The maximum absolute atomic E-state index is 12.2. The van der Waals surface area contributed by atoms with E-state index in [1.807, 2.05) is 0 Å². The molecule has 0 saturated carbocycles. The Morgan fingerprint density at radius 1 is 1.31 bits per heavy atom. The van der Waals surface area contributed by atoms with Gasteiger partial charge >= 0.3 is 0 Å². The molecule has 1 aromatic rings. The summed E-state index contributed by atoms with van der Waals surface area (Å²) in [6, 6.07) is 8.37. The van der Waals surface area contributed by atoms with E-state index in [4.69, 9.17) is 5.11 Å². The van der Waals surface area contributed by atoms with Crippen molar-refractivity contribution in [3.8, 4) is 0 Å². The smallest absolute Gasteiger partial charge is 0.182 e. The number of aliphatic hydroxyl groups excluding tert-OH is 1. The van der Waals surface area contributed by atoms with E-state index >= 15 is 0 Å². The predicted octanol–water partition coefficient (Wildman–Crippen LogP) is 0.183. The van der Waals surface area contributed by atoms with E-state index in [1.54, 1.807) is 30.3 Å². The van der Waals surface area contributed by atoms with Crippen LogP contribution in [0.15, 0.2) is 35.2 Å². The van der Waals surface area contributed by atoms with Crippen LogP contribution >= 0.6 is 0 Å². The Bertz CT molecular complexity index is 444. The highest BCUT2D eigenvalue weighted by molar-refractivity contribution is 7.92. The zero-order valence-corrected chi connectivity index (χ0v) is 9.65. The van der Waals surface area contributed by atoms with Crippen LogP contribution in [0, 0.1) is 0 Å². The molecule has 1 aliphatic heterocycles. The molecule has 2 N–H and O–H groups in total. The van der Waals surface area contributed by atoms with E-state index in [9.17, 15) is 8.42 Å². The van der Waals surface area contributed by atoms with Crippen LogP contribution in [-0.2, 0) is 9.84 Å². The highest BCUT2D eigenvalue weighted by Gasteiger charge is 2.34. The summed E-state index contributed by atoms with van der Waals surface area (Å²) in [7, 11) is -3.26. The van der Waals surface area contributed by atoms with Gasteiger partial charge in [0, 0.05) is 12.6 Å². The number of rotatable bonds is 3. The minimum Gasteiger partial charge on any atom is -0.395 e. The maximum Gasteiger partial charge on any atom is 0.182 e. The zero-order chi connectivity index (χ0) is 11.6. The van der Waals surface area contributed by atoms with Gasteiger partial charge < -0.3 is 10.4 Å². The fraction of sp³-hybridized carbons (Fsp3) is 0.455. The van der Waals surface area contributed by atoms with E-state index < -0.39 is 15.1 Å². The topological polar surface area (TPSA) is 66.4 Å². The van der Waals surface area contributed by atoms with Gasteiger partial charge in [-0.3, -0.25) is 0 Å². The van der Waals surface area contributed by atoms with E-state index in [0.29, 0.717) is 17.9 Å². The van der Waals surface area contributed by atoms with Crippen LogP contribution in [0.1, 0.15) is 6.42 Å². The van der Waals surface area contributed by atoms with Gasteiger partial charge in [-0.2, -0.15) is 0 Å². The normalized spacial score (nSPS) is 25.8. The van der Waals surface area contributed by atoms with Gasteiger partial charge in [0.25, 0.3) is 0 Å². The largest absolute Gasteiger partial charge is 0.395 e. The molecule has 2 unspecified atom stereocenters. The average Bonchev–Trinajstić information content (AvgIpc) is 2.79. The van der Waals surface area contributed by atoms with Crippen LogP contribution in [0.2, 0.25) is 0 Å². The zero-order valence-electron chi connectivity index (χ0n) is 8.83. The second-order valence-corrected chi connectivity index (χ2v) is 6.23. The Morgan fingerprint density at radius 3 is 2.56 bits per heavy atom. The van der Waals surface area contributed by atoms with Gasteiger partial charge in [-0.15, -0.1) is 0 Å². The molecule has 1 saturated heterocycles. The molecule has 0 radical (unpaired) electrons. The number of hydrogen-bond donors (Lipinski definition) is 2. The summed E-state index contributed by atoms with van der Waals surface area (Å²) in [5.74, 6) is 0. The lowest BCUT2D eigenvalue weighted by Crippen LogP contribution is -2.25. The van der Waals surface area contributed by atoms with Crippen LogP contribution < -0.4 is 5.32 Å². The van der Waals surface area contributed by atoms with Crippen LogP contribution in [0.5, 0.6) is 0 Å². The lowest BCUT2D eigenvalue weighted by molar-refractivity contribution is 0.255. The molecule has 0 bridgehead atoms. The van der Waals surface area contributed by atoms with Crippen LogP contribution in [0.4, 0.5) is 0 Å². The van der Waals surface area contributed by atoms with Crippen LogP contribution in [0.3, 0.4) is 0 Å². The minimum absolute atomic E-state index is 0.0131. The molecule has 0 amide bonds. The lowest BCUT2D eigenvalue weighted by atomic mass is 10.2. The summed E-state index contributed by atoms with van der Waals surface area (Å²) in [4.78, 5) is 0.361. The first-order chi connectivity index (χ1) is 7.64. The van der Waals surface area contributed by atoms with Gasteiger partial charge in [0.2, 0.25) is 0 Å². The molecule has 0 spiro atoms. The van der Waals surface area contributed by atoms with Crippen molar-refractivity contribution in [2.24, 2.45) is 0 Å². The minimum atomic E-state index is -3.26. The molecule has 5 heteroatoms. The van der Waals surface area contributed by atoms with Crippen molar-refractivity contribution in [3.05, 3.63) is 30.3 Å². The number of nitrogens with one attached hydrogen (secondary N) is 1. The first kappa shape index (κ1) is 11.6. The van der Waals surface area contributed by atoms with Crippen molar-refractivity contribution < 1.29 is 13.5 Å². The number of sulfone groups is 1. The van der Waals surface area contributed by atoms with Crippen molar-refractivity contribution in [2.45, 2.75) is 22.6 Å². The van der Waals surface area contributed by atoms with Gasteiger partial charge in [-0.05, 0) is 18.6 Å². The molecule has 1 aromatic carbocycles. The number of aliphatic hydroxyl groups is 1. The molecular weight excluding hydrogens is 226 g/mol. The Hall–Kier alpha value is -0.910. The Kier molecular flexibility index (Phi) is 3.28. The van der Waals surface area contributed by atoms with E-state index in [0.717, 1.165) is 0 Å². The fourth-order valence-corrected chi connectivity index (χ4v) is 3.68. The van der Waals surface area contributed by atoms with Gasteiger partial charge in [-0.25, -0.2) is 8.42 Å². The standard InChI is InChI=1S/C11H15NO3S/c13-8-9-6-11(7-12-9)16(14,15)10-4-2-1-3-5-10/h1-5,9,11-13H,6-8H2. The molecule has 88 valence electrons. The van der Waals surface area contributed by atoms with Crippen molar-refractivity contribution >= 4 is 9.84 Å². The first-order valence-corrected chi connectivity index (χ1v) is 6.82. The van der Waals surface area contributed by atoms with Gasteiger partial charge in [0.1, 0.15) is 0 Å². The molecule has 2 atom stereocenters. The maximum atomic E-state index is 12.2. The molecule has 4 nitrogen and oxygen atoms in total. The van der Waals surface area contributed by atoms with Crippen molar-refractivity contribution in [3.63, 3.8) is 0 Å². The Balaban J connectivity index is 2.21. The van der Waals surface area contributed by atoms with Crippen LogP contribution in [-0.4, -0.2) is 38.0 Å². The molecular formula is C11H15NO3S. The summed E-state index contributed by atoms with van der Waals surface area (Å²) in [5.41, 5.74) is 0. The molecule has 0 aliphatic carbocycles. The third-order valence-electron chi connectivity index (χ3n) is 2.91. The molecule has 2 rings (SSSR count). The summed E-state index contributed by atoms with van der Waals surface area (Å²) in [6.45, 7) is 0.406. The molecule has 0 aromatic heterocycles. The monoisotopic (exact) mass is 241 g/mol. The number of benzene rings is 1. The Morgan fingerprint density at radius 2 is 2.00 bits per heavy atom. The van der Waals surface area contributed by atoms with E-state index in [2.05, 4.69) is 5.32 Å². The second-order valence-electron chi connectivity index (χ2n) is 4.00. The highest BCUT2D eigenvalue weighted by atomic mass is 32.2. The van der Waals surface area contributed by atoms with Gasteiger partial charge in [-0.1, -0.05) is 18.2 Å². The second kappa shape index (κ2) is 4.53. The van der Waals surface area contributed by atoms with Crippen molar-refractivity contribution in [2.75, 3.05) is 13.2 Å². The first-order valence-electron chi connectivity index (χ1n) is 5.28. The summed E-state index contributed by atoms with van der Waals surface area (Å²) in [6.07, 6.45) is 0.480. The third kappa shape index (κ3) is 2.11. The third-order valence-corrected chi connectivity index (χ3v) is 5.08. The predicted molar refractivity (Wildman–Crippen MR) is 60.9 cm³/mol. The molecule has 1 heterocycles. The van der Waals surface area contributed by atoms with Crippen molar-refractivity contribution in [1.82, 2.24) is 5.32 Å². The summed E-state index contributed by atoms with van der Waals surface area (Å²) < 4.78 is 24.3. The lowest BCUT2D eigenvalue weighted by Gasteiger charge is -2.10. The molecule has 1 fully saturated rings. The van der Waals surface area contributed by atoms with Gasteiger partial charge in [0.15, 0.2) is 9.84 Å². The van der Waals surface area contributed by atoms with Gasteiger partial charge in [0.05, 0.1) is 16.8 Å². The SMILES string of the molecule is O=S(=O)(c1ccccc1)C1CNC(CO)C1. The molecule has 16 heavy (non-hydrogen) atoms. The number of hydrogen-bond acceptors (Lipinski definition) is 4. The Labute approximate surface area is 95.2 Å². The quantitative estimate of drug-likeness (QED) is 0.792. The summed E-state index contributed by atoms with van der Waals surface area (Å²) >= 11 is 0. The average molecular weight is 241 g/mol. The van der Waals surface area contributed by atoms with E-state index in [-0.39, 0.29) is 12.6 Å². The summed E-state index contributed by atoms with van der Waals surface area (Å²) in [5, 5.41) is 11.5.